The molecule has 6 nitrogen and oxygen atoms in total. The summed E-state index contributed by atoms with van der Waals surface area (Å²) < 4.78 is 1.78. The molecule has 0 saturated carbocycles. The standard InChI is InChI=1S/C21H18N4O2/c22-13-12-19-21(24-14-18(25(26)27)10-11-20(24)23-19)17-8-6-16(7-9-17)15-4-2-1-3-5-15/h1-11,14H,12-13,22H2. The van der Waals surface area contributed by atoms with Crippen LogP contribution in [0.3, 0.4) is 0 Å². The minimum absolute atomic E-state index is 0.0290. The van der Waals surface area contributed by atoms with Gasteiger partial charge >= 0.3 is 0 Å². The van der Waals surface area contributed by atoms with E-state index in [0.29, 0.717) is 18.6 Å². The van der Waals surface area contributed by atoms with E-state index in [1.165, 1.54) is 12.3 Å². The van der Waals surface area contributed by atoms with Crippen LogP contribution in [-0.4, -0.2) is 20.9 Å². The van der Waals surface area contributed by atoms with Crippen LogP contribution in [0.4, 0.5) is 5.69 Å². The highest BCUT2D eigenvalue weighted by Gasteiger charge is 2.16. The van der Waals surface area contributed by atoms with Crippen LogP contribution in [0.5, 0.6) is 0 Å². The molecule has 2 heterocycles. The van der Waals surface area contributed by atoms with Crippen molar-refractivity contribution in [1.29, 1.82) is 0 Å². The van der Waals surface area contributed by atoms with Crippen LogP contribution in [0.2, 0.25) is 0 Å². The maximum absolute atomic E-state index is 11.2. The van der Waals surface area contributed by atoms with Crippen molar-refractivity contribution >= 4 is 11.3 Å². The van der Waals surface area contributed by atoms with Gasteiger partial charge in [0, 0.05) is 18.1 Å². The summed E-state index contributed by atoms with van der Waals surface area (Å²) in [7, 11) is 0. The maximum atomic E-state index is 11.2. The summed E-state index contributed by atoms with van der Waals surface area (Å²) in [6.07, 6.45) is 2.12. The number of imidazole rings is 1. The van der Waals surface area contributed by atoms with Crippen LogP contribution in [-0.2, 0) is 6.42 Å². The molecule has 4 rings (SSSR count). The Morgan fingerprint density at radius 1 is 0.926 bits per heavy atom. The van der Waals surface area contributed by atoms with E-state index in [1.54, 1.807) is 10.5 Å². The molecule has 2 aromatic carbocycles. The lowest BCUT2D eigenvalue weighted by atomic mass is 10.0. The van der Waals surface area contributed by atoms with Crippen molar-refractivity contribution in [2.24, 2.45) is 5.73 Å². The number of rotatable bonds is 5. The van der Waals surface area contributed by atoms with Crippen LogP contribution in [0.25, 0.3) is 28.0 Å². The van der Waals surface area contributed by atoms with Gasteiger partial charge in [0.2, 0.25) is 0 Å². The third-order valence-corrected chi connectivity index (χ3v) is 4.53. The Labute approximate surface area is 156 Å². The maximum Gasteiger partial charge on any atom is 0.286 e. The van der Waals surface area contributed by atoms with Gasteiger partial charge < -0.3 is 5.73 Å². The Kier molecular flexibility index (Phi) is 4.40. The number of hydrogen-bond acceptors (Lipinski definition) is 4. The molecule has 2 aromatic heterocycles. The molecule has 0 bridgehead atoms. The smallest absolute Gasteiger partial charge is 0.286 e. The van der Waals surface area contributed by atoms with Gasteiger partial charge in [-0.15, -0.1) is 0 Å². The molecule has 2 N–H and O–H groups in total. The van der Waals surface area contributed by atoms with E-state index < -0.39 is 4.92 Å². The summed E-state index contributed by atoms with van der Waals surface area (Å²) in [5.74, 6) is 0. The summed E-state index contributed by atoms with van der Waals surface area (Å²) in [5.41, 5.74) is 11.3. The normalized spacial score (nSPS) is 11.0. The molecule has 134 valence electrons. The topological polar surface area (TPSA) is 86.5 Å². The first-order chi connectivity index (χ1) is 13.2. The molecule has 0 saturated heterocycles. The summed E-state index contributed by atoms with van der Waals surface area (Å²) in [4.78, 5) is 15.4. The summed E-state index contributed by atoms with van der Waals surface area (Å²) in [6, 6.07) is 21.4. The Morgan fingerprint density at radius 2 is 1.59 bits per heavy atom. The fourth-order valence-electron chi connectivity index (χ4n) is 3.26. The summed E-state index contributed by atoms with van der Waals surface area (Å²) in [5, 5.41) is 11.2. The Morgan fingerprint density at radius 3 is 2.26 bits per heavy atom. The van der Waals surface area contributed by atoms with Crippen molar-refractivity contribution in [2.75, 3.05) is 6.54 Å². The first kappa shape index (κ1) is 16.9. The average molecular weight is 358 g/mol. The molecule has 0 fully saturated rings. The molecule has 0 aliphatic carbocycles. The molecule has 0 radical (unpaired) electrons. The van der Waals surface area contributed by atoms with E-state index in [2.05, 4.69) is 17.1 Å². The van der Waals surface area contributed by atoms with Gasteiger partial charge in [0.15, 0.2) is 0 Å². The van der Waals surface area contributed by atoms with Gasteiger partial charge in [-0.3, -0.25) is 14.5 Å². The molecule has 4 aromatic rings. The highest BCUT2D eigenvalue weighted by atomic mass is 16.6. The number of nitrogens with two attached hydrogens (primary N) is 1. The number of nitrogens with zero attached hydrogens (tertiary/aromatic N) is 3. The van der Waals surface area contributed by atoms with E-state index in [0.717, 1.165) is 28.1 Å². The number of nitro groups is 1. The molecule has 0 spiro atoms. The van der Waals surface area contributed by atoms with E-state index in [9.17, 15) is 10.1 Å². The van der Waals surface area contributed by atoms with Crippen LogP contribution in [0, 0.1) is 10.1 Å². The van der Waals surface area contributed by atoms with Crippen LogP contribution >= 0.6 is 0 Å². The van der Waals surface area contributed by atoms with Crippen molar-refractivity contribution in [3.05, 3.63) is 88.7 Å². The SMILES string of the molecule is NCCc1nc2ccc([N+](=O)[O-])cn2c1-c1ccc(-c2ccccc2)cc1. The first-order valence-corrected chi connectivity index (χ1v) is 8.68. The number of aromatic nitrogens is 2. The Balaban J connectivity index is 1.85. The van der Waals surface area contributed by atoms with Gasteiger partial charge in [0.25, 0.3) is 5.69 Å². The molecule has 0 aliphatic heterocycles. The molecule has 0 aliphatic rings. The fourth-order valence-corrected chi connectivity index (χ4v) is 3.26. The molecule has 0 atom stereocenters. The lowest BCUT2D eigenvalue weighted by Gasteiger charge is -2.07. The molecular weight excluding hydrogens is 340 g/mol. The summed E-state index contributed by atoms with van der Waals surface area (Å²) in [6.45, 7) is 0.459. The molecule has 27 heavy (non-hydrogen) atoms. The van der Waals surface area contributed by atoms with E-state index in [-0.39, 0.29) is 5.69 Å². The number of benzene rings is 2. The third kappa shape index (κ3) is 3.18. The molecule has 0 unspecified atom stereocenters. The quantitative estimate of drug-likeness (QED) is 0.430. The van der Waals surface area contributed by atoms with Gasteiger partial charge in [0.1, 0.15) is 5.65 Å². The number of hydrogen-bond donors (Lipinski definition) is 1. The minimum Gasteiger partial charge on any atom is -0.330 e. The monoisotopic (exact) mass is 358 g/mol. The van der Waals surface area contributed by atoms with Gasteiger partial charge in [0.05, 0.1) is 22.5 Å². The summed E-state index contributed by atoms with van der Waals surface area (Å²) >= 11 is 0. The Bertz CT molecular complexity index is 1100. The second-order valence-corrected chi connectivity index (χ2v) is 6.26. The van der Waals surface area contributed by atoms with Crippen LogP contribution in [0.15, 0.2) is 72.9 Å². The minimum atomic E-state index is -0.398. The van der Waals surface area contributed by atoms with Crippen LogP contribution in [0.1, 0.15) is 5.69 Å². The zero-order valence-corrected chi connectivity index (χ0v) is 14.6. The predicted octanol–water partition coefficient (Wildman–Crippen LogP) is 4.08. The zero-order chi connectivity index (χ0) is 18.8. The zero-order valence-electron chi connectivity index (χ0n) is 14.6. The van der Waals surface area contributed by atoms with Gasteiger partial charge in [-0.1, -0.05) is 54.6 Å². The Hall–Kier alpha value is -3.51. The van der Waals surface area contributed by atoms with Crippen molar-refractivity contribution in [3.8, 4) is 22.4 Å². The van der Waals surface area contributed by atoms with Gasteiger partial charge in [-0.25, -0.2) is 4.98 Å². The predicted molar refractivity (Wildman–Crippen MR) is 105 cm³/mol. The first-order valence-electron chi connectivity index (χ1n) is 8.68. The second kappa shape index (κ2) is 7.01. The lowest BCUT2D eigenvalue weighted by Crippen LogP contribution is -2.04. The average Bonchev–Trinajstić information content (AvgIpc) is 3.06. The number of fused-ring (bicyclic) bond motifs is 1. The highest BCUT2D eigenvalue weighted by molar-refractivity contribution is 5.72. The van der Waals surface area contributed by atoms with E-state index in [4.69, 9.17) is 5.73 Å². The van der Waals surface area contributed by atoms with Crippen molar-refractivity contribution < 1.29 is 4.92 Å². The highest BCUT2D eigenvalue weighted by Crippen LogP contribution is 2.29. The van der Waals surface area contributed by atoms with E-state index >= 15 is 0 Å². The van der Waals surface area contributed by atoms with Crippen molar-refractivity contribution in [2.45, 2.75) is 6.42 Å². The van der Waals surface area contributed by atoms with Crippen molar-refractivity contribution in [3.63, 3.8) is 0 Å². The van der Waals surface area contributed by atoms with E-state index in [1.807, 2.05) is 42.5 Å². The largest absolute Gasteiger partial charge is 0.330 e. The van der Waals surface area contributed by atoms with Gasteiger partial charge in [-0.05, 0) is 23.7 Å². The molecule has 0 amide bonds. The van der Waals surface area contributed by atoms with Crippen molar-refractivity contribution in [1.82, 2.24) is 9.38 Å². The van der Waals surface area contributed by atoms with Crippen LogP contribution < -0.4 is 5.73 Å². The lowest BCUT2D eigenvalue weighted by molar-refractivity contribution is -0.385. The molecular formula is C21H18N4O2. The third-order valence-electron chi connectivity index (χ3n) is 4.53. The second-order valence-electron chi connectivity index (χ2n) is 6.26. The van der Waals surface area contributed by atoms with Gasteiger partial charge in [-0.2, -0.15) is 0 Å². The fraction of sp³-hybridized carbons (Fsp3) is 0.0952. The number of pyridine rings is 1. The molecule has 6 heteroatoms.